The molecule has 126 valence electrons. The second-order valence-electron chi connectivity index (χ2n) is 7.09. The fourth-order valence-electron chi connectivity index (χ4n) is 4.12. The Bertz CT molecular complexity index is 339. The number of ether oxygens (including phenoxy) is 1. The summed E-state index contributed by atoms with van der Waals surface area (Å²) in [4.78, 5) is 11.4. The molecule has 1 N–H and O–H groups in total. The van der Waals surface area contributed by atoms with Gasteiger partial charge in [-0.3, -0.25) is 4.79 Å². The van der Waals surface area contributed by atoms with E-state index in [2.05, 4.69) is 18.8 Å². The van der Waals surface area contributed by atoms with Crippen molar-refractivity contribution >= 4 is 5.91 Å². The molecule has 0 aromatic carbocycles. The summed E-state index contributed by atoms with van der Waals surface area (Å²) in [6.45, 7) is 6.69. The van der Waals surface area contributed by atoms with Crippen molar-refractivity contribution in [2.45, 2.75) is 83.3 Å². The van der Waals surface area contributed by atoms with Gasteiger partial charge < -0.3 is 10.1 Å². The third kappa shape index (κ3) is 5.42. The highest BCUT2D eigenvalue weighted by molar-refractivity contribution is 5.87. The first-order chi connectivity index (χ1) is 10.7. The van der Waals surface area contributed by atoms with Gasteiger partial charge in [0.15, 0.2) is 0 Å². The molecule has 2 fully saturated rings. The van der Waals surface area contributed by atoms with E-state index in [1.807, 2.05) is 0 Å². The van der Waals surface area contributed by atoms with Gasteiger partial charge >= 0.3 is 0 Å². The smallest absolute Gasteiger partial charge is 0.243 e. The first kappa shape index (κ1) is 17.5. The minimum Gasteiger partial charge on any atom is -0.378 e. The number of nitrogens with one attached hydrogen (secondary N) is 1. The molecule has 1 amide bonds. The van der Waals surface area contributed by atoms with Gasteiger partial charge in [-0.05, 0) is 75.7 Å². The fraction of sp³-hybridized carbons (Fsp3) is 0.842. The lowest BCUT2D eigenvalue weighted by Gasteiger charge is -2.37. The van der Waals surface area contributed by atoms with E-state index in [4.69, 9.17) is 4.74 Å². The number of hydrogen-bond acceptors (Lipinski definition) is 2. The zero-order chi connectivity index (χ0) is 15.8. The van der Waals surface area contributed by atoms with Crippen LogP contribution in [0.2, 0.25) is 0 Å². The minimum atomic E-state index is -0.0202. The highest BCUT2D eigenvalue weighted by Gasteiger charge is 2.31. The van der Waals surface area contributed by atoms with Crippen molar-refractivity contribution in [1.82, 2.24) is 5.32 Å². The average Bonchev–Trinajstić information content (AvgIpc) is 2.56. The largest absolute Gasteiger partial charge is 0.378 e. The van der Waals surface area contributed by atoms with Crippen LogP contribution in [0.3, 0.4) is 0 Å². The van der Waals surface area contributed by atoms with Crippen LogP contribution in [0.1, 0.15) is 71.1 Å². The molecule has 0 radical (unpaired) electrons. The minimum absolute atomic E-state index is 0.0202. The Balaban J connectivity index is 1.64. The molecule has 0 unspecified atom stereocenters. The monoisotopic (exact) mass is 307 g/mol. The molecule has 2 aliphatic rings. The van der Waals surface area contributed by atoms with Gasteiger partial charge in [0.2, 0.25) is 5.91 Å². The van der Waals surface area contributed by atoms with Gasteiger partial charge in [-0.15, -0.1) is 0 Å². The zero-order valence-electron chi connectivity index (χ0n) is 14.2. The van der Waals surface area contributed by atoms with Gasteiger partial charge in [-0.1, -0.05) is 19.9 Å². The van der Waals surface area contributed by atoms with Crippen LogP contribution in [0.25, 0.3) is 0 Å². The standard InChI is InChI=1S/C19H33NO2/c1-3-5-14-22-18-12-8-16(9-13-18)15-6-10-17(11-7-15)20-19(21)4-2/h4,15-18H,2-3,5-14H2,1H3,(H,20,21). The molecule has 0 atom stereocenters. The quantitative estimate of drug-likeness (QED) is 0.565. The summed E-state index contributed by atoms with van der Waals surface area (Å²) in [5.74, 6) is 1.74. The highest BCUT2D eigenvalue weighted by atomic mass is 16.5. The predicted molar refractivity (Wildman–Crippen MR) is 90.7 cm³/mol. The van der Waals surface area contributed by atoms with E-state index in [0.717, 1.165) is 31.3 Å². The maximum absolute atomic E-state index is 11.4. The topological polar surface area (TPSA) is 38.3 Å². The molecule has 0 aromatic heterocycles. The molecule has 2 aliphatic carbocycles. The normalized spacial score (nSPS) is 32.4. The van der Waals surface area contributed by atoms with E-state index in [0.29, 0.717) is 12.1 Å². The van der Waals surface area contributed by atoms with E-state index < -0.39 is 0 Å². The molecule has 3 nitrogen and oxygen atoms in total. The number of hydrogen-bond donors (Lipinski definition) is 1. The Morgan fingerprint density at radius 2 is 1.68 bits per heavy atom. The van der Waals surface area contributed by atoms with Crippen LogP contribution in [0.15, 0.2) is 12.7 Å². The summed E-state index contributed by atoms with van der Waals surface area (Å²) in [6, 6.07) is 0.371. The number of carbonyl (C=O) groups is 1. The van der Waals surface area contributed by atoms with E-state index in [1.54, 1.807) is 0 Å². The predicted octanol–water partition coefficient (Wildman–Crippen LogP) is 4.22. The van der Waals surface area contributed by atoms with Crippen molar-refractivity contribution in [1.29, 1.82) is 0 Å². The first-order valence-corrected chi connectivity index (χ1v) is 9.27. The summed E-state index contributed by atoms with van der Waals surface area (Å²) in [5, 5.41) is 3.05. The average molecular weight is 307 g/mol. The van der Waals surface area contributed by atoms with Gasteiger partial charge in [0, 0.05) is 12.6 Å². The molecule has 0 saturated heterocycles. The van der Waals surface area contributed by atoms with Gasteiger partial charge in [-0.2, -0.15) is 0 Å². The van der Waals surface area contributed by atoms with Crippen LogP contribution in [-0.2, 0) is 9.53 Å². The molecule has 2 saturated carbocycles. The van der Waals surface area contributed by atoms with Gasteiger partial charge in [0.1, 0.15) is 0 Å². The van der Waals surface area contributed by atoms with Gasteiger partial charge in [0.25, 0.3) is 0 Å². The SMILES string of the molecule is C=CC(=O)NC1CCC(C2CCC(OCCCC)CC2)CC1. The van der Waals surface area contributed by atoms with E-state index >= 15 is 0 Å². The molecule has 3 heteroatoms. The maximum atomic E-state index is 11.4. The van der Waals surface area contributed by atoms with Crippen molar-refractivity contribution in [2.75, 3.05) is 6.61 Å². The Hall–Kier alpha value is -0.830. The van der Waals surface area contributed by atoms with Crippen LogP contribution in [-0.4, -0.2) is 24.7 Å². The van der Waals surface area contributed by atoms with Gasteiger partial charge in [-0.25, -0.2) is 0 Å². The van der Waals surface area contributed by atoms with Crippen LogP contribution in [0.5, 0.6) is 0 Å². The summed E-state index contributed by atoms with van der Waals surface area (Å²) >= 11 is 0. The second-order valence-corrected chi connectivity index (χ2v) is 7.09. The molecule has 0 aliphatic heterocycles. The fourth-order valence-corrected chi connectivity index (χ4v) is 4.12. The molecule has 0 bridgehead atoms. The lowest BCUT2D eigenvalue weighted by molar-refractivity contribution is -0.117. The van der Waals surface area contributed by atoms with E-state index in [-0.39, 0.29) is 5.91 Å². The van der Waals surface area contributed by atoms with Crippen molar-refractivity contribution in [2.24, 2.45) is 11.8 Å². The van der Waals surface area contributed by atoms with Gasteiger partial charge in [0.05, 0.1) is 6.10 Å². The Labute approximate surface area is 135 Å². The van der Waals surface area contributed by atoms with Crippen LogP contribution in [0, 0.1) is 11.8 Å². The molecular formula is C19H33NO2. The van der Waals surface area contributed by atoms with Crippen molar-refractivity contribution in [3.05, 3.63) is 12.7 Å². The lowest BCUT2D eigenvalue weighted by atomic mass is 9.72. The molecule has 2 rings (SSSR count). The van der Waals surface area contributed by atoms with Crippen molar-refractivity contribution < 1.29 is 9.53 Å². The number of carbonyl (C=O) groups excluding carboxylic acids is 1. The molecule has 0 spiro atoms. The zero-order valence-corrected chi connectivity index (χ0v) is 14.2. The van der Waals surface area contributed by atoms with Crippen LogP contribution >= 0.6 is 0 Å². The maximum Gasteiger partial charge on any atom is 0.243 e. The molecule has 0 aromatic rings. The van der Waals surface area contributed by atoms with Crippen molar-refractivity contribution in [3.8, 4) is 0 Å². The summed E-state index contributed by atoms with van der Waals surface area (Å²) in [7, 11) is 0. The summed E-state index contributed by atoms with van der Waals surface area (Å²) in [6.07, 6.45) is 14.3. The van der Waals surface area contributed by atoms with E-state index in [1.165, 1.54) is 57.4 Å². The number of unbranched alkanes of at least 4 members (excludes halogenated alkanes) is 1. The van der Waals surface area contributed by atoms with Crippen LogP contribution in [0.4, 0.5) is 0 Å². The summed E-state index contributed by atoms with van der Waals surface area (Å²) < 4.78 is 5.98. The lowest BCUT2D eigenvalue weighted by Crippen LogP contribution is -2.38. The Morgan fingerprint density at radius 1 is 1.09 bits per heavy atom. The molecule has 0 heterocycles. The third-order valence-corrected chi connectivity index (χ3v) is 5.54. The number of amides is 1. The van der Waals surface area contributed by atoms with Crippen molar-refractivity contribution in [3.63, 3.8) is 0 Å². The first-order valence-electron chi connectivity index (χ1n) is 9.27. The summed E-state index contributed by atoms with van der Waals surface area (Å²) in [5.41, 5.74) is 0. The van der Waals surface area contributed by atoms with Crippen LogP contribution < -0.4 is 5.32 Å². The second kappa shape index (κ2) is 9.34. The third-order valence-electron chi connectivity index (χ3n) is 5.54. The number of rotatable bonds is 7. The Kier molecular flexibility index (Phi) is 7.44. The molecule has 22 heavy (non-hydrogen) atoms. The Morgan fingerprint density at radius 3 is 2.23 bits per heavy atom. The molecular weight excluding hydrogens is 274 g/mol. The highest BCUT2D eigenvalue weighted by Crippen LogP contribution is 2.39. The van der Waals surface area contributed by atoms with E-state index in [9.17, 15) is 4.79 Å².